The van der Waals surface area contributed by atoms with Crippen LogP contribution in [0.2, 0.25) is 12.6 Å². The lowest BCUT2D eigenvalue weighted by Gasteiger charge is -2.22. The monoisotopic (exact) mass is 369 g/mol. The molecule has 1 aromatic rings. The molecule has 0 saturated heterocycles. The van der Waals surface area contributed by atoms with Gasteiger partial charge < -0.3 is 8.85 Å². The van der Waals surface area contributed by atoms with Crippen molar-refractivity contribution in [1.82, 2.24) is 4.98 Å². The first-order valence-corrected chi connectivity index (χ1v) is 12.8. The summed E-state index contributed by atoms with van der Waals surface area (Å²) in [6, 6.07) is 5.30. The van der Waals surface area contributed by atoms with Crippen LogP contribution < -0.4 is 0 Å². The molecule has 0 aliphatic carbocycles. The molecule has 3 nitrogen and oxygen atoms in total. The van der Waals surface area contributed by atoms with Gasteiger partial charge in [-0.3, -0.25) is 4.98 Å². The van der Waals surface area contributed by atoms with E-state index in [1.165, 1.54) is 68.4 Å². The summed E-state index contributed by atoms with van der Waals surface area (Å²) in [7, 11) is 1.74. The van der Waals surface area contributed by atoms with Gasteiger partial charge in [-0.2, -0.15) is 0 Å². The summed E-state index contributed by atoms with van der Waals surface area (Å²) >= 11 is 1.95. The minimum atomic E-state index is -1.82. The molecule has 0 atom stereocenters. The average Bonchev–Trinajstić information content (AvgIpc) is 2.63. The van der Waals surface area contributed by atoms with E-state index in [1.54, 1.807) is 14.2 Å². The van der Waals surface area contributed by atoms with Crippen LogP contribution in [0.4, 0.5) is 0 Å². The molecular weight excluding hydrogens is 334 g/mol. The molecule has 138 valence electrons. The number of pyridine rings is 1. The molecule has 0 N–H and O–H groups in total. The first kappa shape index (κ1) is 21.7. The molecule has 24 heavy (non-hydrogen) atoms. The van der Waals surface area contributed by atoms with Crippen molar-refractivity contribution in [3.63, 3.8) is 0 Å². The zero-order valence-electron chi connectivity index (χ0n) is 15.8. The van der Waals surface area contributed by atoms with Gasteiger partial charge >= 0.3 is 8.56 Å². The molecule has 0 spiro atoms. The van der Waals surface area contributed by atoms with Crippen molar-refractivity contribution in [3.8, 4) is 0 Å². The summed E-state index contributed by atoms with van der Waals surface area (Å²) in [5.41, 5.74) is 0. The van der Waals surface area contributed by atoms with E-state index in [9.17, 15) is 0 Å². The molecule has 0 aliphatic heterocycles. The smallest absolute Gasteiger partial charge is 0.334 e. The highest BCUT2D eigenvalue weighted by molar-refractivity contribution is 7.99. The number of nitrogens with zero attached hydrogens (tertiary/aromatic N) is 1. The van der Waals surface area contributed by atoms with E-state index in [1.807, 2.05) is 24.2 Å². The second-order valence-electron chi connectivity index (χ2n) is 6.51. The van der Waals surface area contributed by atoms with Gasteiger partial charge in [-0.1, -0.05) is 51.4 Å². The zero-order valence-corrected chi connectivity index (χ0v) is 17.6. The molecule has 0 fully saturated rings. The Kier molecular flexibility index (Phi) is 12.5. The largest absolute Gasteiger partial charge is 0.398 e. The summed E-state index contributed by atoms with van der Waals surface area (Å²) in [6.45, 7) is 2.15. The summed E-state index contributed by atoms with van der Waals surface area (Å²) in [4.78, 5) is 5.39. The molecule has 0 unspecified atom stereocenters. The van der Waals surface area contributed by atoms with Crippen LogP contribution in [0.25, 0.3) is 0 Å². The number of unbranched alkanes of at least 4 members (excludes halogenated alkanes) is 8. The lowest BCUT2D eigenvalue weighted by molar-refractivity contribution is 0.248. The van der Waals surface area contributed by atoms with Crippen molar-refractivity contribution >= 4 is 20.3 Å². The van der Waals surface area contributed by atoms with Crippen LogP contribution in [0.15, 0.2) is 29.4 Å². The Bertz CT molecular complexity index is 402. The third-order valence-electron chi connectivity index (χ3n) is 4.56. The van der Waals surface area contributed by atoms with Crippen molar-refractivity contribution in [2.75, 3.05) is 20.0 Å². The van der Waals surface area contributed by atoms with E-state index in [-0.39, 0.29) is 0 Å². The zero-order chi connectivity index (χ0) is 17.5. The van der Waals surface area contributed by atoms with Crippen LogP contribution in [-0.2, 0) is 8.85 Å². The normalized spacial score (nSPS) is 11.8. The molecule has 1 aromatic heterocycles. The van der Waals surface area contributed by atoms with E-state index in [4.69, 9.17) is 8.85 Å². The molecule has 0 amide bonds. The first-order valence-electron chi connectivity index (χ1n) is 9.33. The van der Waals surface area contributed by atoms with Gasteiger partial charge in [0, 0.05) is 31.5 Å². The van der Waals surface area contributed by atoms with E-state index in [2.05, 4.69) is 23.7 Å². The van der Waals surface area contributed by atoms with E-state index < -0.39 is 8.56 Å². The highest BCUT2D eigenvalue weighted by Crippen LogP contribution is 2.20. The Morgan fingerprint density at radius 2 is 1.33 bits per heavy atom. The summed E-state index contributed by atoms with van der Waals surface area (Å²) < 4.78 is 11.0. The predicted octanol–water partition coefficient (Wildman–Crippen LogP) is 6.05. The average molecular weight is 370 g/mol. The lowest BCUT2D eigenvalue weighted by Crippen LogP contribution is -2.35. The van der Waals surface area contributed by atoms with Gasteiger partial charge in [0.2, 0.25) is 0 Å². The van der Waals surface area contributed by atoms with Crippen LogP contribution in [0.5, 0.6) is 0 Å². The van der Waals surface area contributed by atoms with E-state index in [0.29, 0.717) is 0 Å². The molecular formula is C19H35NO2SSi. The van der Waals surface area contributed by atoms with Crippen molar-refractivity contribution in [1.29, 1.82) is 0 Å². The molecule has 0 aliphatic rings. The van der Waals surface area contributed by atoms with Crippen molar-refractivity contribution in [2.45, 2.75) is 75.3 Å². The summed E-state index contributed by atoms with van der Waals surface area (Å²) in [5.74, 6) is 1.23. The van der Waals surface area contributed by atoms with Gasteiger partial charge in [0.1, 0.15) is 0 Å². The van der Waals surface area contributed by atoms with Gasteiger partial charge in [0.05, 0.1) is 0 Å². The molecule has 0 aromatic carbocycles. The molecule has 0 radical (unpaired) electrons. The molecule has 1 heterocycles. The Labute approximate surface area is 154 Å². The molecule has 0 saturated carbocycles. The van der Waals surface area contributed by atoms with Gasteiger partial charge in [-0.25, -0.2) is 0 Å². The van der Waals surface area contributed by atoms with Crippen molar-refractivity contribution in [2.24, 2.45) is 0 Å². The minimum absolute atomic E-state index is 1.12. The predicted molar refractivity (Wildman–Crippen MR) is 107 cm³/mol. The highest BCUT2D eigenvalue weighted by atomic mass is 32.2. The Hall–Kier alpha value is -0.363. The Balaban J connectivity index is 1.82. The van der Waals surface area contributed by atoms with Crippen LogP contribution >= 0.6 is 11.8 Å². The van der Waals surface area contributed by atoms with Gasteiger partial charge in [-0.15, -0.1) is 11.8 Å². The van der Waals surface area contributed by atoms with Crippen molar-refractivity contribution < 1.29 is 8.85 Å². The van der Waals surface area contributed by atoms with E-state index in [0.717, 1.165) is 6.04 Å². The topological polar surface area (TPSA) is 31.4 Å². The van der Waals surface area contributed by atoms with Crippen LogP contribution in [0.1, 0.15) is 57.8 Å². The maximum absolute atomic E-state index is 5.52. The molecule has 1 rings (SSSR count). The second kappa shape index (κ2) is 13.9. The maximum atomic E-state index is 5.52. The number of rotatable bonds is 15. The first-order chi connectivity index (χ1) is 11.7. The van der Waals surface area contributed by atoms with Crippen LogP contribution in [0.3, 0.4) is 0 Å². The third kappa shape index (κ3) is 10.5. The summed E-state index contributed by atoms with van der Waals surface area (Å²) in [6.07, 6.45) is 15.9. The maximum Gasteiger partial charge on any atom is 0.334 e. The van der Waals surface area contributed by atoms with Crippen molar-refractivity contribution in [3.05, 3.63) is 24.5 Å². The molecule has 5 heteroatoms. The second-order valence-corrected chi connectivity index (χ2v) is 11.3. The van der Waals surface area contributed by atoms with Crippen LogP contribution in [0, 0.1) is 0 Å². The van der Waals surface area contributed by atoms with Gasteiger partial charge in [0.15, 0.2) is 0 Å². The van der Waals surface area contributed by atoms with E-state index >= 15 is 0 Å². The van der Waals surface area contributed by atoms with Gasteiger partial charge in [0.25, 0.3) is 0 Å². The lowest BCUT2D eigenvalue weighted by atomic mass is 10.1. The quantitative estimate of drug-likeness (QED) is 0.214. The third-order valence-corrected chi connectivity index (χ3v) is 8.64. The minimum Gasteiger partial charge on any atom is -0.398 e. The van der Waals surface area contributed by atoms with Gasteiger partial charge in [-0.05, 0) is 36.9 Å². The number of thioether (sulfide) groups is 1. The number of hydrogen-bond donors (Lipinski definition) is 0. The fourth-order valence-corrected chi connectivity index (χ4v) is 5.06. The fraction of sp³-hybridized carbons (Fsp3) is 0.737. The standard InChI is InChI=1S/C19H35NO2SSi/c1-21-24(3,22-2)18-12-10-8-6-4-5-7-9-11-17-23-19-13-15-20-16-14-19/h13-16H,4-12,17-18H2,1-3H3. The Morgan fingerprint density at radius 3 is 1.88 bits per heavy atom. The Morgan fingerprint density at radius 1 is 0.833 bits per heavy atom. The SMILES string of the molecule is CO[Si](C)(CCCCCCCCCCCSc1ccncc1)OC. The summed E-state index contributed by atoms with van der Waals surface area (Å²) in [5, 5.41) is 0. The molecule has 0 bridgehead atoms. The fourth-order valence-electron chi connectivity index (χ4n) is 2.70. The number of aromatic nitrogens is 1. The highest BCUT2D eigenvalue weighted by Gasteiger charge is 2.27. The number of hydrogen-bond acceptors (Lipinski definition) is 4. The van der Waals surface area contributed by atoms with Crippen LogP contribution in [-0.4, -0.2) is 33.5 Å².